The van der Waals surface area contributed by atoms with Gasteiger partial charge in [0.15, 0.2) is 5.65 Å². The SMILES string of the molecule is CCNc1ccnc2c1cnn2C. The van der Waals surface area contributed by atoms with Crippen molar-refractivity contribution in [2.24, 2.45) is 7.05 Å². The van der Waals surface area contributed by atoms with E-state index in [0.717, 1.165) is 23.3 Å². The van der Waals surface area contributed by atoms with Crippen LogP contribution in [-0.2, 0) is 7.05 Å². The molecule has 4 heteroatoms. The van der Waals surface area contributed by atoms with Crippen molar-refractivity contribution in [3.05, 3.63) is 18.5 Å². The maximum absolute atomic E-state index is 4.24. The number of hydrogen-bond acceptors (Lipinski definition) is 3. The van der Waals surface area contributed by atoms with Crippen LogP contribution in [0.3, 0.4) is 0 Å². The average molecular weight is 176 g/mol. The van der Waals surface area contributed by atoms with Crippen molar-refractivity contribution in [1.29, 1.82) is 0 Å². The lowest BCUT2D eigenvalue weighted by Crippen LogP contribution is -1.97. The van der Waals surface area contributed by atoms with E-state index in [1.54, 1.807) is 10.9 Å². The van der Waals surface area contributed by atoms with E-state index in [9.17, 15) is 0 Å². The van der Waals surface area contributed by atoms with E-state index in [-0.39, 0.29) is 0 Å². The zero-order chi connectivity index (χ0) is 9.26. The minimum absolute atomic E-state index is 0.911. The molecule has 0 unspecified atom stereocenters. The topological polar surface area (TPSA) is 42.7 Å². The lowest BCUT2D eigenvalue weighted by molar-refractivity contribution is 0.786. The number of pyridine rings is 1. The first-order valence-electron chi connectivity index (χ1n) is 4.33. The predicted molar refractivity (Wildman–Crippen MR) is 52.7 cm³/mol. The third kappa shape index (κ3) is 1.24. The molecule has 0 atom stereocenters. The Labute approximate surface area is 76.6 Å². The molecule has 0 radical (unpaired) electrons. The standard InChI is InChI=1S/C9H12N4/c1-3-10-8-4-5-11-9-7(8)6-12-13(9)2/h4-6H,3H2,1-2H3,(H,10,11). The molecule has 0 aliphatic carbocycles. The minimum atomic E-state index is 0.911. The van der Waals surface area contributed by atoms with Gasteiger partial charge in [-0.3, -0.25) is 4.68 Å². The molecule has 0 spiro atoms. The van der Waals surface area contributed by atoms with Crippen molar-refractivity contribution in [3.63, 3.8) is 0 Å². The van der Waals surface area contributed by atoms with E-state index >= 15 is 0 Å². The van der Waals surface area contributed by atoms with Gasteiger partial charge in [-0.2, -0.15) is 5.10 Å². The lowest BCUT2D eigenvalue weighted by atomic mass is 10.3. The monoisotopic (exact) mass is 176 g/mol. The predicted octanol–water partition coefficient (Wildman–Crippen LogP) is 1.40. The van der Waals surface area contributed by atoms with Crippen LogP contribution in [0.1, 0.15) is 6.92 Å². The van der Waals surface area contributed by atoms with E-state index in [1.807, 2.05) is 19.3 Å². The third-order valence-electron chi connectivity index (χ3n) is 2.00. The lowest BCUT2D eigenvalue weighted by Gasteiger charge is -2.03. The Balaban J connectivity index is 2.63. The highest BCUT2D eigenvalue weighted by Gasteiger charge is 2.03. The molecule has 0 fully saturated rings. The zero-order valence-electron chi connectivity index (χ0n) is 7.78. The molecule has 13 heavy (non-hydrogen) atoms. The summed E-state index contributed by atoms with van der Waals surface area (Å²) in [7, 11) is 1.89. The zero-order valence-corrected chi connectivity index (χ0v) is 7.78. The van der Waals surface area contributed by atoms with Crippen LogP contribution in [0.4, 0.5) is 5.69 Å². The van der Waals surface area contributed by atoms with Crippen LogP contribution in [0.15, 0.2) is 18.5 Å². The molecule has 0 saturated carbocycles. The molecule has 0 aliphatic rings. The first kappa shape index (κ1) is 8.04. The van der Waals surface area contributed by atoms with E-state index in [4.69, 9.17) is 0 Å². The molecule has 2 rings (SSSR count). The average Bonchev–Trinajstić information content (AvgIpc) is 2.50. The van der Waals surface area contributed by atoms with Gasteiger partial charge in [0.25, 0.3) is 0 Å². The van der Waals surface area contributed by atoms with Crippen LogP contribution < -0.4 is 5.32 Å². The molecule has 0 saturated heterocycles. The Hall–Kier alpha value is -1.58. The van der Waals surface area contributed by atoms with Gasteiger partial charge in [-0.1, -0.05) is 0 Å². The van der Waals surface area contributed by atoms with Crippen LogP contribution in [0.5, 0.6) is 0 Å². The Bertz CT molecular complexity index is 418. The van der Waals surface area contributed by atoms with Crippen LogP contribution in [0.2, 0.25) is 0 Å². The molecule has 2 heterocycles. The summed E-state index contributed by atoms with van der Waals surface area (Å²) in [6.45, 7) is 2.98. The van der Waals surface area contributed by atoms with Gasteiger partial charge in [-0.25, -0.2) is 4.98 Å². The highest BCUT2D eigenvalue weighted by molar-refractivity contribution is 5.88. The number of hydrogen-bond donors (Lipinski definition) is 1. The minimum Gasteiger partial charge on any atom is -0.385 e. The second-order valence-corrected chi connectivity index (χ2v) is 2.89. The van der Waals surface area contributed by atoms with Gasteiger partial charge in [-0.05, 0) is 13.0 Å². The Morgan fingerprint density at radius 2 is 2.38 bits per heavy atom. The number of fused-ring (bicyclic) bond motifs is 1. The van der Waals surface area contributed by atoms with E-state index in [1.165, 1.54) is 0 Å². The Morgan fingerprint density at radius 3 is 3.15 bits per heavy atom. The van der Waals surface area contributed by atoms with Gasteiger partial charge in [0.05, 0.1) is 11.6 Å². The van der Waals surface area contributed by atoms with Crippen LogP contribution in [-0.4, -0.2) is 21.3 Å². The fourth-order valence-corrected chi connectivity index (χ4v) is 1.39. The van der Waals surface area contributed by atoms with Crippen molar-refractivity contribution < 1.29 is 0 Å². The summed E-state index contributed by atoms with van der Waals surface area (Å²) in [5.74, 6) is 0. The largest absolute Gasteiger partial charge is 0.385 e. The van der Waals surface area contributed by atoms with Crippen molar-refractivity contribution >= 4 is 16.7 Å². The van der Waals surface area contributed by atoms with Gasteiger partial charge in [-0.15, -0.1) is 0 Å². The summed E-state index contributed by atoms with van der Waals surface area (Å²) >= 11 is 0. The molecule has 0 aliphatic heterocycles. The Kier molecular flexibility index (Phi) is 1.88. The van der Waals surface area contributed by atoms with Gasteiger partial charge in [0.2, 0.25) is 0 Å². The molecule has 1 N–H and O–H groups in total. The molecule has 0 amide bonds. The highest BCUT2D eigenvalue weighted by atomic mass is 15.3. The number of rotatable bonds is 2. The first-order valence-corrected chi connectivity index (χ1v) is 4.33. The van der Waals surface area contributed by atoms with Gasteiger partial charge in [0, 0.05) is 25.5 Å². The fourth-order valence-electron chi connectivity index (χ4n) is 1.39. The summed E-state index contributed by atoms with van der Waals surface area (Å²) in [4.78, 5) is 4.24. The summed E-state index contributed by atoms with van der Waals surface area (Å²) in [6.07, 6.45) is 3.63. The number of aromatic nitrogens is 3. The van der Waals surface area contributed by atoms with Crippen molar-refractivity contribution in [1.82, 2.24) is 14.8 Å². The molecular formula is C9H12N4. The van der Waals surface area contributed by atoms with Crippen molar-refractivity contribution in [2.75, 3.05) is 11.9 Å². The van der Waals surface area contributed by atoms with Crippen LogP contribution in [0, 0.1) is 0 Å². The summed E-state index contributed by atoms with van der Waals surface area (Å²) < 4.78 is 1.77. The third-order valence-corrected chi connectivity index (χ3v) is 2.00. The summed E-state index contributed by atoms with van der Waals surface area (Å²) in [6, 6.07) is 1.97. The number of nitrogens with one attached hydrogen (secondary N) is 1. The maximum Gasteiger partial charge on any atom is 0.159 e. The number of nitrogens with zero attached hydrogens (tertiary/aromatic N) is 3. The van der Waals surface area contributed by atoms with Gasteiger partial charge >= 0.3 is 0 Å². The smallest absolute Gasteiger partial charge is 0.159 e. The maximum atomic E-state index is 4.24. The van der Waals surface area contributed by atoms with E-state index in [2.05, 4.69) is 22.3 Å². The first-order chi connectivity index (χ1) is 6.33. The Morgan fingerprint density at radius 1 is 1.54 bits per heavy atom. The molecule has 0 bridgehead atoms. The molecule has 2 aromatic heterocycles. The number of aryl methyl sites for hydroxylation is 1. The molecule has 2 aromatic rings. The van der Waals surface area contributed by atoms with Crippen molar-refractivity contribution in [2.45, 2.75) is 6.92 Å². The van der Waals surface area contributed by atoms with Crippen molar-refractivity contribution in [3.8, 4) is 0 Å². The number of anilines is 1. The van der Waals surface area contributed by atoms with Gasteiger partial charge in [0.1, 0.15) is 0 Å². The molecular weight excluding hydrogens is 164 g/mol. The fraction of sp³-hybridized carbons (Fsp3) is 0.333. The van der Waals surface area contributed by atoms with Gasteiger partial charge < -0.3 is 5.32 Å². The highest BCUT2D eigenvalue weighted by Crippen LogP contribution is 2.19. The molecule has 68 valence electrons. The summed E-state index contributed by atoms with van der Waals surface area (Å²) in [5, 5.41) is 8.50. The second-order valence-electron chi connectivity index (χ2n) is 2.89. The second kappa shape index (κ2) is 3.05. The molecule has 0 aromatic carbocycles. The quantitative estimate of drug-likeness (QED) is 0.752. The van der Waals surface area contributed by atoms with Crippen LogP contribution in [0.25, 0.3) is 11.0 Å². The van der Waals surface area contributed by atoms with E-state index < -0.39 is 0 Å². The van der Waals surface area contributed by atoms with Crippen LogP contribution >= 0.6 is 0 Å². The summed E-state index contributed by atoms with van der Waals surface area (Å²) in [5.41, 5.74) is 2.01. The molecule has 4 nitrogen and oxygen atoms in total. The normalized spacial score (nSPS) is 10.6. The van der Waals surface area contributed by atoms with E-state index in [0.29, 0.717) is 0 Å².